The summed E-state index contributed by atoms with van der Waals surface area (Å²) < 4.78 is 5.60. The first-order chi connectivity index (χ1) is 35.1. The molecule has 4 nitrogen and oxygen atoms in total. The van der Waals surface area contributed by atoms with Gasteiger partial charge in [-0.25, -0.2) is 0 Å². The van der Waals surface area contributed by atoms with E-state index in [1.807, 2.05) is 0 Å². The topological polar surface area (TPSA) is 16.3 Å². The second kappa shape index (κ2) is 14.8. The van der Waals surface area contributed by atoms with Gasteiger partial charge in [-0.1, -0.05) is 180 Å². The lowest BCUT2D eigenvalue weighted by Gasteiger charge is -2.41. The van der Waals surface area contributed by atoms with Gasteiger partial charge in [0.2, 0.25) is 0 Å². The van der Waals surface area contributed by atoms with Gasteiger partial charge in [-0.05, 0) is 150 Å². The summed E-state index contributed by atoms with van der Waals surface area (Å²) in [5, 5.41) is 2.63. The van der Waals surface area contributed by atoms with E-state index < -0.39 is 0 Å². The molecule has 2 aromatic heterocycles. The Labute approximate surface area is 438 Å². The number of hydrogen-bond donors (Lipinski definition) is 0. The van der Waals surface area contributed by atoms with E-state index in [-0.39, 0.29) is 35.4 Å². The van der Waals surface area contributed by atoms with E-state index in [1.165, 1.54) is 144 Å². The summed E-state index contributed by atoms with van der Waals surface area (Å²) in [6.07, 6.45) is 0. The Kier molecular flexibility index (Phi) is 9.08. The van der Waals surface area contributed by atoms with Gasteiger partial charge in [0.1, 0.15) is 0 Å². The molecule has 0 radical (unpaired) electrons. The molecular weight excluding hydrogens is 894 g/mol. The molecule has 0 N–H and O–H groups in total. The first-order valence-corrected chi connectivity index (χ1v) is 27.1. The van der Waals surface area contributed by atoms with Crippen molar-refractivity contribution in [3.05, 3.63) is 179 Å². The molecule has 0 unspecified atom stereocenters. The van der Waals surface area contributed by atoms with Crippen LogP contribution in [0.5, 0.6) is 0 Å². The Morgan fingerprint density at radius 1 is 0.338 bits per heavy atom. The van der Waals surface area contributed by atoms with Crippen LogP contribution in [0.25, 0.3) is 55.1 Å². The van der Waals surface area contributed by atoms with Crippen LogP contribution in [0.1, 0.15) is 116 Å². The molecule has 10 aromatic rings. The highest BCUT2D eigenvalue weighted by molar-refractivity contribution is 6.92. The van der Waals surface area contributed by atoms with Crippen LogP contribution in [0.15, 0.2) is 146 Å². The molecule has 0 atom stereocenters. The van der Waals surface area contributed by atoms with Crippen molar-refractivity contribution in [2.45, 2.75) is 119 Å². The summed E-state index contributed by atoms with van der Waals surface area (Å²) >= 11 is 0. The van der Waals surface area contributed by atoms with E-state index >= 15 is 0 Å². The fraction of sp³-hybridized carbons (Fsp3) is 0.265. The molecule has 0 bridgehead atoms. The van der Waals surface area contributed by atoms with Crippen molar-refractivity contribution in [2.24, 2.45) is 0 Å². The fourth-order valence-corrected chi connectivity index (χ4v) is 13.7. The molecule has 0 saturated carbocycles. The third-order valence-electron chi connectivity index (χ3n) is 17.5. The van der Waals surface area contributed by atoms with Crippen molar-refractivity contribution in [1.29, 1.82) is 0 Å². The van der Waals surface area contributed by atoms with Crippen molar-refractivity contribution in [1.82, 2.24) is 8.96 Å². The summed E-state index contributed by atoms with van der Waals surface area (Å²) in [7, 11) is 0. The highest BCUT2D eigenvalue weighted by atomic mass is 15.2. The standard InChI is InChI=1S/C68H66B2N4/c1-39-29-31-55-59-57(39)47-21-19-23-49-61(47)73(69(59)51-25-15-17-27-53(51)71(55)45-35-41(65(3,4)5)33-42(36-45)66(6,7)8)64-50-24-20-22-48-58-40(2)30-32-56-60(58)70(74(62(48)50)63(49)64)52-26-16-18-28-54(52)72(56)46-37-43(67(9,10)11)34-44(38-46)68(12,13)14/h15-38H,1-14H3. The van der Waals surface area contributed by atoms with Gasteiger partial charge in [0, 0.05) is 67.1 Å². The van der Waals surface area contributed by atoms with Crippen molar-refractivity contribution in [3.63, 3.8) is 0 Å². The highest BCUT2D eigenvalue weighted by Crippen LogP contribution is 2.52. The predicted molar refractivity (Wildman–Crippen MR) is 320 cm³/mol. The molecule has 0 amide bonds. The van der Waals surface area contributed by atoms with Crippen LogP contribution in [0.3, 0.4) is 0 Å². The number of benzene rings is 8. The molecule has 364 valence electrons. The molecule has 6 heterocycles. The minimum absolute atomic E-state index is 0.0260. The van der Waals surface area contributed by atoms with Crippen LogP contribution in [0.4, 0.5) is 34.1 Å². The van der Waals surface area contributed by atoms with Crippen molar-refractivity contribution < 1.29 is 0 Å². The van der Waals surface area contributed by atoms with E-state index in [1.54, 1.807) is 0 Å². The number of hydrogen-bond acceptors (Lipinski definition) is 2. The van der Waals surface area contributed by atoms with Gasteiger partial charge in [-0.3, -0.25) is 0 Å². The Bertz CT molecular complexity index is 3790. The van der Waals surface area contributed by atoms with Crippen molar-refractivity contribution >= 4 is 103 Å². The lowest BCUT2D eigenvalue weighted by atomic mass is 9.44. The van der Waals surface area contributed by atoms with Gasteiger partial charge in [0.05, 0.1) is 11.0 Å². The summed E-state index contributed by atoms with van der Waals surface area (Å²) in [4.78, 5) is 5.20. The van der Waals surface area contributed by atoms with Gasteiger partial charge in [0.15, 0.2) is 0 Å². The highest BCUT2D eigenvalue weighted by Gasteiger charge is 2.48. The second-order valence-electron chi connectivity index (χ2n) is 26.4. The van der Waals surface area contributed by atoms with Crippen LogP contribution in [0, 0.1) is 13.8 Å². The van der Waals surface area contributed by atoms with Crippen LogP contribution in [-0.4, -0.2) is 22.7 Å². The molecule has 0 aliphatic carbocycles. The summed E-state index contributed by atoms with van der Waals surface area (Å²) in [5.41, 5.74) is 31.5. The maximum absolute atomic E-state index is 2.80. The molecule has 8 aromatic carbocycles. The van der Waals surface area contributed by atoms with E-state index in [0.717, 1.165) is 0 Å². The quantitative estimate of drug-likeness (QED) is 0.161. The largest absolute Gasteiger partial charge is 0.374 e. The number of anilines is 6. The molecule has 14 rings (SSSR count). The maximum atomic E-state index is 2.80. The third-order valence-corrected chi connectivity index (χ3v) is 17.5. The summed E-state index contributed by atoms with van der Waals surface area (Å²) in [6.45, 7) is 32.7. The average Bonchev–Trinajstić information content (AvgIpc) is 3.95. The van der Waals surface area contributed by atoms with E-state index in [9.17, 15) is 0 Å². The lowest BCUT2D eigenvalue weighted by molar-refractivity contribution is 0.568. The maximum Gasteiger partial charge on any atom is 0.333 e. The fourth-order valence-electron chi connectivity index (χ4n) is 13.7. The van der Waals surface area contributed by atoms with Crippen LogP contribution in [0.2, 0.25) is 0 Å². The van der Waals surface area contributed by atoms with Gasteiger partial charge < -0.3 is 18.8 Å². The average molecular weight is 961 g/mol. The predicted octanol–water partition coefficient (Wildman–Crippen LogP) is 15.4. The van der Waals surface area contributed by atoms with Crippen LogP contribution < -0.4 is 31.7 Å². The smallest absolute Gasteiger partial charge is 0.333 e. The number of aryl methyl sites for hydroxylation is 2. The minimum Gasteiger partial charge on any atom is -0.374 e. The Morgan fingerprint density at radius 3 is 1.04 bits per heavy atom. The molecule has 4 aliphatic heterocycles. The van der Waals surface area contributed by atoms with E-state index in [0.29, 0.717) is 0 Å². The molecule has 0 saturated heterocycles. The van der Waals surface area contributed by atoms with Gasteiger partial charge >= 0.3 is 13.7 Å². The zero-order chi connectivity index (χ0) is 51.4. The zero-order valence-electron chi connectivity index (χ0n) is 45.8. The molecule has 74 heavy (non-hydrogen) atoms. The summed E-state index contributed by atoms with van der Waals surface area (Å²) in [5.74, 6) is 0. The van der Waals surface area contributed by atoms with Gasteiger partial charge in [-0.2, -0.15) is 0 Å². The number of fused-ring (bicyclic) bond motifs is 13. The third kappa shape index (κ3) is 6.06. The second-order valence-corrected chi connectivity index (χ2v) is 26.4. The van der Waals surface area contributed by atoms with Gasteiger partial charge in [-0.15, -0.1) is 0 Å². The first-order valence-electron chi connectivity index (χ1n) is 27.1. The van der Waals surface area contributed by atoms with E-state index in [2.05, 4.69) is 261 Å². The number of aromatic nitrogens is 2. The number of para-hydroxylation sites is 4. The molecular formula is C68H66B2N4. The monoisotopic (exact) mass is 961 g/mol. The van der Waals surface area contributed by atoms with Crippen LogP contribution in [-0.2, 0) is 21.7 Å². The molecule has 0 spiro atoms. The normalized spacial score (nSPS) is 14.5. The van der Waals surface area contributed by atoms with Gasteiger partial charge in [0.25, 0.3) is 0 Å². The van der Waals surface area contributed by atoms with E-state index in [4.69, 9.17) is 0 Å². The molecule has 0 fully saturated rings. The van der Waals surface area contributed by atoms with Crippen molar-refractivity contribution in [3.8, 4) is 22.3 Å². The Hall–Kier alpha value is -7.17. The zero-order valence-corrected chi connectivity index (χ0v) is 45.8. The summed E-state index contributed by atoms with van der Waals surface area (Å²) in [6, 6.07) is 57.3. The minimum atomic E-state index is -0.0560. The number of nitrogens with zero attached hydrogens (tertiary/aromatic N) is 4. The number of rotatable bonds is 2. The van der Waals surface area contributed by atoms with Crippen LogP contribution >= 0.6 is 0 Å². The van der Waals surface area contributed by atoms with Crippen molar-refractivity contribution in [2.75, 3.05) is 9.80 Å². The lowest BCUT2D eigenvalue weighted by Crippen LogP contribution is -2.57. The molecule has 6 heteroatoms. The SMILES string of the molecule is Cc1ccc2c3c1-c1cccc4c1n(c1c5cccc6c5n(c41)B1c4ccccc4N(c4cc(C(C)(C)C)cc(C(C)(C)C)c4)c4ccc(C)c-6c41)B3c1ccccc1N2c1cc(C(C)(C)C)cc(C(C)(C)C)c1. The Morgan fingerprint density at radius 2 is 0.689 bits per heavy atom. The Balaban J connectivity index is 1.08. The molecule has 4 aliphatic rings. The first kappa shape index (κ1) is 45.4.